The van der Waals surface area contributed by atoms with E-state index in [2.05, 4.69) is 37.6 Å². The van der Waals surface area contributed by atoms with Gasteiger partial charge in [0.15, 0.2) is 11.8 Å². The van der Waals surface area contributed by atoms with E-state index in [1.807, 2.05) is 24.6 Å². The molecular formula is C21H32FN7. The van der Waals surface area contributed by atoms with Crippen molar-refractivity contribution in [2.24, 2.45) is 12.0 Å². The van der Waals surface area contributed by atoms with Crippen molar-refractivity contribution in [1.29, 1.82) is 0 Å². The van der Waals surface area contributed by atoms with Crippen LogP contribution < -0.4 is 10.6 Å². The smallest absolute Gasteiger partial charge is 0.192 e. The number of likely N-dealkylation sites (tertiary alicyclic amines) is 1. The molecule has 2 aromatic rings. The van der Waals surface area contributed by atoms with Crippen LogP contribution in [0.25, 0.3) is 0 Å². The Morgan fingerprint density at radius 3 is 2.79 bits per heavy atom. The zero-order valence-corrected chi connectivity index (χ0v) is 17.9. The Morgan fingerprint density at radius 2 is 2.10 bits per heavy atom. The lowest BCUT2D eigenvalue weighted by Crippen LogP contribution is -2.44. The van der Waals surface area contributed by atoms with Crippen LogP contribution in [0.1, 0.15) is 42.5 Å². The molecule has 0 amide bonds. The molecule has 1 aliphatic rings. The van der Waals surface area contributed by atoms with Crippen LogP contribution in [-0.4, -0.2) is 51.3 Å². The fourth-order valence-corrected chi connectivity index (χ4v) is 3.60. The molecule has 8 heteroatoms. The Hall–Kier alpha value is -2.48. The summed E-state index contributed by atoms with van der Waals surface area (Å²) in [6, 6.07) is 5.78. The van der Waals surface area contributed by atoms with E-state index < -0.39 is 0 Å². The van der Waals surface area contributed by atoms with Crippen LogP contribution >= 0.6 is 0 Å². The van der Waals surface area contributed by atoms with E-state index in [1.54, 1.807) is 19.1 Å². The minimum Gasteiger partial charge on any atom is -0.355 e. The lowest BCUT2D eigenvalue weighted by Gasteiger charge is -2.24. The first-order chi connectivity index (χ1) is 14.0. The zero-order valence-electron chi connectivity index (χ0n) is 17.9. The van der Waals surface area contributed by atoms with Crippen LogP contribution in [0.15, 0.2) is 23.2 Å². The van der Waals surface area contributed by atoms with Crippen LogP contribution in [0.4, 0.5) is 4.39 Å². The molecule has 0 radical (unpaired) electrons. The molecule has 7 nitrogen and oxygen atoms in total. The lowest BCUT2D eigenvalue weighted by molar-refractivity contribution is 0.267. The Balaban J connectivity index is 1.67. The number of aromatic nitrogens is 3. The Bertz CT molecular complexity index is 846. The third-order valence-corrected chi connectivity index (χ3v) is 5.66. The molecular weight excluding hydrogens is 369 g/mol. The van der Waals surface area contributed by atoms with E-state index in [0.717, 1.165) is 36.8 Å². The molecule has 3 rings (SSSR count). The van der Waals surface area contributed by atoms with E-state index in [4.69, 9.17) is 0 Å². The molecule has 0 bridgehead atoms. The summed E-state index contributed by atoms with van der Waals surface area (Å²) in [6.07, 6.45) is 2.43. The fraction of sp³-hybridized carbons (Fsp3) is 0.571. The Morgan fingerprint density at radius 1 is 1.28 bits per heavy atom. The predicted octanol–water partition coefficient (Wildman–Crippen LogP) is 2.29. The van der Waals surface area contributed by atoms with Gasteiger partial charge in [-0.05, 0) is 57.0 Å². The van der Waals surface area contributed by atoms with Gasteiger partial charge in [-0.2, -0.15) is 0 Å². The molecule has 29 heavy (non-hydrogen) atoms. The number of nitrogens with zero attached hydrogens (tertiary/aromatic N) is 5. The first-order valence-corrected chi connectivity index (χ1v) is 10.3. The number of benzene rings is 1. The number of halogens is 1. The largest absolute Gasteiger partial charge is 0.355 e. The number of hydrogen-bond donors (Lipinski definition) is 2. The molecule has 0 spiro atoms. The molecule has 1 unspecified atom stereocenters. The molecule has 1 aromatic heterocycles. The van der Waals surface area contributed by atoms with Crippen molar-refractivity contribution in [1.82, 2.24) is 30.3 Å². The molecule has 2 heterocycles. The first kappa shape index (κ1) is 21.2. The van der Waals surface area contributed by atoms with Crippen LogP contribution in [0.2, 0.25) is 0 Å². The Labute approximate surface area is 172 Å². The average Bonchev–Trinajstić information content (AvgIpc) is 3.30. The number of aryl methyl sites for hydroxylation is 2. The van der Waals surface area contributed by atoms with Crippen molar-refractivity contribution < 1.29 is 4.39 Å². The monoisotopic (exact) mass is 401 g/mol. The third kappa shape index (κ3) is 5.53. The number of aliphatic imine (C=N–C) groups is 1. The first-order valence-electron chi connectivity index (χ1n) is 10.3. The quantitative estimate of drug-likeness (QED) is 0.550. The van der Waals surface area contributed by atoms with Crippen LogP contribution in [0.5, 0.6) is 0 Å². The van der Waals surface area contributed by atoms with Gasteiger partial charge in [0.2, 0.25) is 0 Å². The van der Waals surface area contributed by atoms with Gasteiger partial charge in [0.05, 0.1) is 13.1 Å². The van der Waals surface area contributed by atoms with Gasteiger partial charge in [-0.25, -0.2) is 9.38 Å². The molecule has 1 aliphatic heterocycles. The normalized spacial score (nSPS) is 17.7. The number of nitrogens with one attached hydrogen (secondary N) is 2. The van der Waals surface area contributed by atoms with Gasteiger partial charge in [0.25, 0.3) is 0 Å². The molecule has 1 fully saturated rings. The van der Waals surface area contributed by atoms with Crippen LogP contribution in [0.3, 0.4) is 0 Å². The predicted molar refractivity (Wildman–Crippen MR) is 113 cm³/mol. The maximum Gasteiger partial charge on any atom is 0.192 e. The number of guanidine groups is 1. The number of likely N-dealkylation sites (N-methyl/N-ethyl adjacent to an activating group) is 1. The summed E-state index contributed by atoms with van der Waals surface area (Å²) in [5.41, 5.74) is 1.49. The maximum atomic E-state index is 13.9. The maximum absolute atomic E-state index is 13.9. The summed E-state index contributed by atoms with van der Waals surface area (Å²) in [7, 11) is 1.95. The molecule has 1 atom stereocenters. The van der Waals surface area contributed by atoms with Gasteiger partial charge in [-0.15, -0.1) is 10.2 Å². The Kier molecular flexibility index (Phi) is 7.19. The molecule has 1 aromatic carbocycles. The highest BCUT2D eigenvalue weighted by molar-refractivity contribution is 5.79. The summed E-state index contributed by atoms with van der Waals surface area (Å²) in [6.45, 7) is 9.88. The fourth-order valence-electron chi connectivity index (χ4n) is 3.60. The third-order valence-electron chi connectivity index (χ3n) is 5.66. The van der Waals surface area contributed by atoms with Crippen molar-refractivity contribution >= 4 is 5.96 Å². The van der Waals surface area contributed by atoms with E-state index in [0.29, 0.717) is 30.7 Å². The molecule has 158 valence electrons. The van der Waals surface area contributed by atoms with Gasteiger partial charge in [-0.3, -0.25) is 4.90 Å². The highest BCUT2D eigenvalue weighted by atomic mass is 19.1. The second-order valence-corrected chi connectivity index (χ2v) is 7.63. The van der Waals surface area contributed by atoms with Crippen molar-refractivity contribution in [3.8, 4) is 0 Å². The van der Waals surface area contributed by atoms with E-state index in [-0.39, 0.29) is 5.82 Å². The number of hydrogen-bond acceptors (Lipinski definition) is 4. The number of rotatable bonds is 7. The van der Waals surface area contributed by atoms with Crippen LogP contribution in [-0.2, 0) is 20.1 Å². The van der Waals surface area contributed by atoms with Gasteiger partial charge < -0.3 is 15.2 Å². The zero-order chi connectivity index (χ0) is 20.8. The molecule has 0 saturated carbocycles. The average molecular weight is 402 g/mol. The standard InChI is InChI=1S/C21H32FN7/c1-5-29-10-6-7-18(29)13-24-21(25-14-20-27-26-16(3)28(20)4)23-12-17-9-8-15(2)19(22)11-17/h8-9,11,18H,5-7,10,12-14H2,1-4H3,(H2,23,24,25). The summed E-state index contributed by atoms with van der Waals surface area (Å²) in [4.78, 5) is 7.17. The van der Waals surface area contributed by atoms with Gasteiger partial charge in [-0.1, -0.05) is 19.1 Å². The second-order valence-electron chi connectivity index (χ2n) is 7.63. The van der Waals surface area contributed by atoms with Crippen molar-refractivity contribution in [2.75, 3.05) is 19.6 Å². The summed E-state index contributed by atoms with van der Waals surface area (Å²) < 4.78 is 15.8. The topological polar surface area (TPSA) is 70.4 Å². The van der Waals surface area contributed by atoms with Crippen molar-refractivity contribution in [3.63, 3.8) is 0 Å². The van der Waals surface area contributed by atoms with E-state index in [1.165, 1.54) is 12.8 Å². The van der Waals surface area contributed by atoms with Crippen molar-refractivity contribution in [3.05, 3.63) is 46.8 Å². The highest BCUT2D eigenvalue weighted by Crippen LogP contribution is 2.15. The molecule has 0 aliphatic carbocycles. The second kappa shape index (κ2) is 9.82. The SMILES string of the molecule is CCN1CCCC1CNC(=NCc1ccc(C)c(F)c1)NCc1nnc(C)n1C. The summed E-state index contributed by atoms with van der Waals surface area (Å²) in [5, 5.41) is 15.1. The summed E-state index contributed by atoms with van der Waals surface area (Å²) >= 11 is 0. The lowest BCUT2D eigenvalue weighted by atomic mass is 10.1. The highest BCUT2D eigenvalue weighted by Gasteiger charge is 2.22. The van der Waals surface area contributed by atoms with E-state index in [9.17, 15) is 4.39 Å². The summed E-state index contributed by atoms with van der Waals surface area (Å²) in [5.74, 6) is 2.22. The van der Waals surface area contributed by atoms with Gasteiger partial charge >= 0.3 is 0 Å². The molecule has 1 saturated heterocycles. The van der Waals surface area contributed by atoms with Gasteiger partial charge in [0, 0.05) is 19.6 Å². The minimum absolute atomic E-state index is 0.195. The van der Waals surface area contributed by atoms with Crippen LogP contribution in [0, 0.1) is 19.7 Å². The minimum atomic E-state index is -0.195. The van der Waals surface area contributed by atoms with Gasteiger partial charge in [0.1, 0.15) is 11.6 Å². The molecule has 2 N–H and O–H groups in total. The van der Waals surface area contributed by atoms with E-state index >= 15 is 0 Å². The van der Waals surface area contributed by atoms with Crippen molar-refractivity contribution in [2.45, 2.75) is 52.7 Å².